The molecule has 0 fully saturated rings. The Labute approximate surface area is 102 Å². The van der Waals surface area contributed by atoms with Gasteiger partial charge < -0.3 is 5.73 Å². The van der Waals surface area contributed by atoms with Gasteiger partial charge in [0.25, 0.3) is 0 Å². The molecule has 0 saturated heterocycles. The Bertz CT molecular complexity index is 645. The van der Waals surface area contributed by atoms with Crippen molar-refractivity contribution >= 4 is 6.08 Å². The van der Waals surface area contributed by atoms with E-state index in [4.69, 9.17) is 11.0 Å². The lowest BCUT2D eigenvalue weighted by Gasteiger charge is -2.02. The van der Waals surface area contributed by atoms with E-state index in [1.54, 1.807) is 18.3 Å². The van der Waals surface area contributed by atoms with E-state index in [0.717, 1.165) is 0 Å². The summed E-state index contributed by atoms with van der Waals surface area (Å²) >= 11 is 0. The van der Waals surface area contributed by atoms with Crippen LogP contribution in [0, 0.1) is 17.3 Å². The minimum absolute atomic E-state index is 0.123. The summed E-state index contributed by atoms with van der Waals surface area (Å²) in [6.45, 7) is 0. The number of hydrogen-bond donors (Lipinski definition) is 1. The molecule has 88 valence electrons. The predicted molar refractivity (Wildman–Crippen MR) is 63.2 cm³/mol. The minimum Gasteiger partial charge on any atom is -0.404 e. The maximum absolute atomic E-state index is 13.1. The van der Waals surface area contributed by atoms with Crippen molar-refractivity contribution in [2.75, 3.05) is 0 Å². The standard InChI is InChI=1S/C12H8FN5/c13-12-8(6-15)5-9(7-17-12)10-2-4-16-11(18-10)1-3-14/h1-5,7H,14H2. The fourth-order valence-corrected chi connectivity index (χ4v) is 1.37. The summed E-state index contributed by atoms with van der Waals surface area (Å²) in [6.07, 6.45) is 5.72. The topological polar surface area (TPSA) is 88.5 Å². The van der Waals surface area contributed by atoms with E-state index in [0.29, 0.717) is 17.1 Å². The summed E-state index contributed by atoms with van der Waals surface area (Å²) in [6, 6.07) is 4.76. The molecule has 0 aromatic carbocycles. The van der Waals surface area contributed by atoms with Crippen molar-refractivity contribution in [2.24, 2.45) is 5.73 Å². The van der Waals surface area contributed by atoms with E-state index >= 15 is 0 Å². The highest BCUT2D eigenvalue weighted by Crippen LogP contribution is 2.18. The largest absolute Gasteiger partial charge is 0.404 e. The Morgan fingerprint density at radius 1 is 1.39 bits per heavy atom. The molecule has 0 aliphatic rings. The molecule has 0 amide bonds. The summed E-state index contributed by atoms with van der Waals surface area (Å²) < 4.78 is 13.1. The molecule has 0 saturated carbocycles. The van der Waals surface area contributed by atoms with Gasteiger partial charge in [-0.25, -0.2) is 15.0 Å². The van der Waals surface area contributed by atoms with Crippen LogP contribution in [0.1, 0.15) is 11.4 Å². The normalized spacial score (nSPS) is 10.4. The number of rotatable bonds is 2. The fraction of sp³-hybridized carbons (Fsp3) is 0. The Hall–Kier alpha value is -2.81. The first-order valence-electron chi connectivity index (χ1n) is 5.02. The Balaban J connectivity index is 2.49. The average Bonchev–Trinajstić information content (AvgIpc) is 2.40. The third kappa shape index (κ3) is 2.30. The number of hydrogen-bond acceptors (Lipinski definition) is 5. The summed E-state index contributed by atoms with van der Waals surface area (Å²) in [5.74, 6) is -0.366. The zero-order chi connectivity index (χ0) is 13.0. The molecule has 0 radical (unpaired) electrons. The Morgan fingerprint density at radius 2 is 2.22 bits per heavy atom. The van der Waals surface area contributed by atoms with E-state index in [1.165, 1.54) is 24.5 Å². The molecular weight excluding hydrogens is 233 g/mol. The van der Waals surface area contributed by atoms with Gasteiger partial charge in [-0.15, -0.1) is 0 Å². The van der Waals surface area contributed by atoms with Crippen LogP contribution in [0.3, 0.4) is 0 Å². The lowest BCUT2D eigenvalue weighted by molar-refractivity contribution is 0.580. The van der Waals surface area contributed by atoms with Crippen molar-refractivity contribution < 1.29 is 4.39 Å². The molecule has 0 aliphatic heterocycles. The molecule has 0 unspecified atom stereocenters. The van der Waals surface area contributed by atoms with Crippen molar-refractivity contribution in [3.63, 3.8) is 0 Å². The molecule has 0 aliphatic carbocycles. The van der Waals surface area contributed by atoms with Crippen LogP contribution in [0.2, 0.25) is 0 Å². The SMILES string of the molecule is N#Cc1cc(-c2ccnc(C=CN)n2)cnc1F. The zero-order valence-electron chi connectivity index (χ0n) is 9.21. The summed E-state index contributed by atoms with van der Waals surface area (Å²) in [5, 5.41) is 8.74. The first-order valence-corrected chi connectivity index (χ1v) is 5.02. The second-order valence-electron chi connectivity index (χ2n) is 3.33. The monoisotopic (exact) mass is 241 g/mol. The smallest absolute Gasteiger partial charge is 0.230 e. The van der Waals surface area contributed by atoms with Crippen molar-refractivity contribution in [3.05, 3.63) is 48.1 Å². The molecule has 0 atom stereocenters. The fourth-order valence-electron chi connectivity index (χ4n) is 1.37. The van der Waals surface area contributed by atoms with E-state index in [1.807, 2.05) is 0 Å². The molecule has 0 bridgehead atoms. The number of nitrogens with two attached hydrogens (primary N) is 1. The lowest BCUT2D eigenvalue weighted by atomic mass is 10.1. The van der Waals surface area contributed by atoms with Crippen LogP contribution in [-0.4, -0.2) is 15.0 Å². The van der Waals surface area contributed by atoms with Crippen molar-refractivity contribution in [2.45, 2.75) is 0 Å². The summed E-state index contributed by atoms with van der Waals surface area (Å²) in [7, 11) is 0. The average molecular weight is 241 g/mol. The van der Waals surface area contributed by atoms with Crippen LogP contribution >= 0.6 is 0 Å². The molecule has 2 N–H and O–H groups in total. The van der Waals surface area contributed by atoms with Gasteiger partial charge in [0.2, 0.25) is 5.95 Å². The van der Waals surface area contributed by atoms with Crippen LogP contribution in [0.5, 0.6) is 0 Å². The van der Waals surface area contributed by atoms with E-state index < -0.39 is 5.95 Å². The van der Waals surface area contributed by atoms with Crippen LogP contribution < -0.4 is 5.73 Å². The zero-order valence-corrected chi connectivity index (χ0v) is 9.21. The van der Waals surface area contributed by atoms with E-state index in [-0.39, 0.29) is 5.56 Å². The molecule has 18 heavy (non-hydrogen) atoms. The number of nitrogens with zero attached hydrogens (tertiary/aromatic N) is 4. The highest BCUT2D eigenvalue weighted by Gasteiger charge is 2.07. The molecular formula is C12H8FN5. The number of pyridine rings is 1. The first kappa shape index (κ1) is 11.7. The van der Waals surface area contributed by atoms with Crippen LogP contribution in [-0.2, 0) is 0 Å². The molecule has 2 aromatic heterocycles. The molecule has 2 heterocycles. The van der Waals surface area contributed by atoms with Crippen LogP contribution in [0.15, 0.2) is 30.7 Å². The maximum Gasteiger partial charge on any atom is 0.230 e. The second kappa shape index (κ2) is 5.01. The third-order valence-corrected chi connectivity index (χ3v) is 2.17. The molecule has 6 heteroatoms. The highest BCUT2D eigenvalue weighted by atomic mass is 19.1. The van der Waals surface area contributed by atoms with Gasteiger partial charge in [-0.3, -0.25) is 0 Å². The van der Waals surface area contributed by atoms with Gasteiger partial charge in [-0.1, -0.05) is 0 Å². The predicted octanol–water partition coefficient (Wildman–Crippen LogP) is 1.48. The molecule has 5 nitrogen and oxygen atoms in total. The van der Waals surface area contributed by atoms with Gasteiger partial charge in [-0.05, 0) is 24.4 Å². The quantitative estimate of drug-likeness (QED) is 0.804. The van der Waals surface area contributed by atoms with Crippen LogP contribution in [0.25, 0.3) is 17.3 Å². The number of nitriles is 1. The number of halogens is 1. The van der Waals surface area contributed by atoms with Gasteiger partial charge in [0, 0.05) is 18.0 Å². The number of aromatic nitrogens is 3. The third-order valence-electron chi connectivity index (χ3n) is 2.17. The molecule has 2 aromatic rings. The van der Waals surface area contributed by atoms with Gasteiger partial charge >= 0.3 is 0 Å². The van der Waals surface area contributed by atoms with Gasteiger partial charge in [0.05, 0.1) is 5.69 Å². The first-order chi connectivity index (χ1) is 8.74. The van der Waals surface area contributed by atoms with Crippen LogP contribution in [0.4, 0.5) is 4.39 Å². The maximum atomic E-state index is 13.1. The van der Waals surface area contributed by atoms with Gasteiger partial charge in [-0.2, -0.15) is 9.65 Å². The second-order valence-corrected chi connectivity index (χ2v) is 3.33. The minimum atomic E-state index is -0.794. The highest BCUT2D eigenvalue weighted by molar-refractivity contribution is 5.60. The molecule has 0 spiro atoms. The summed E-state index contributed by atoms with van der Waals surface area (Å²) in [5.41, 5.74) is 6.21. The molecule has 2 rings (SSSR count). The van der Waals surface area contributed by atoms with Crippen molar-refractivity contribution in [3.8, 4) is 17.3 Å². The van der Waals surface area contributed by atoms with Crippen molar-refractivity contribution in [1.82, 2.24) is 15.0 Å². The lowest BCUT2D eigenvalue weighted by Crippen LogP contribution is -1.94. The van der Waals surface area contributed by atoms with E-state index in [9.17, 15) is 4.39 Å². The Morgan fingerprint density at radius 3 is 2.94 bits per heavy atom. The Kier molecular flexibility index (Phi) is 3.25. The van der Waals surface area contributed by atoms with Gasteiger partial charge in [0.1, 0.15) is 11.6 Å². The summed E-state index contributed by atoms with van der Waals surface area (Å²) in [4.78, 5) is 11.7. The van der Waals surface area contributed by atoms with Gasteiger partial charge in [0.15, 0.2) is 5.82 Å². The van der Waals surface area contributed by atoms with Crippen molar-refractivity contribution in [1.29, 1.82) is 5.26 Å². The van der Waals surface area contributed by atoms with E-state index in [2.05, 4.69) is 15.0 Å².